The molecule has 1 aromatic carbocycles. The van der Waals surface area contributed by atoms with Crippen LogP contribution in [-0.2, 0) is 0 Å². The van der Waals surface area contributed by atoms with E-state index < -0.39 is 0 Å². The highest BCUT2D eigenvalue weighted by molar-refractivity contribution is 5.80. The molecule has 0 unspecified atom stereocenters. The fraction of sp³-hybridized carbons (Fsp3) is 0.227. The predicted molar refractivity (Wildman–Crippen MR) is 95.6 cm³/mol. The summed E-state index contributed by atoms with van der Waals surface area (Å²) in [5, 5.41) is 0. The first-order valence-electron chi connectivity index (χ1n) is 8.00. The van der Waals surface area contributed by atoms with E-state index in [2.05, 4.69) is 88.7 Å². The summed E-state index contributed by atoms with van der Waals surface area (Å²) >= 11 is 0. The normalized spacial score (nSPS) is 11.1. The van der Waals surface area contributed by atoms with E-state index in [9.17, 15) is 0 Å². The van der Waals surface area contributed by atoms with Gasteiger partial charge in [0.2, 0.25) is 0 Å². The van der Waals surface area contributed by atoms with Crippen LogP contribution in [0, 0.1) is 20.3 Å². The maximum absolute atomic E-state index is 2.37. The maximum atomic E-state index is 2.37. The van der Waals surface area contributed by atoms with Crippen molar-refractivity contribution in [2.24, 2.45) is 0 Å². The Morgan fingerprint density at radius 3 is 2.23 bits per heavy atom. The van der Waals surface area contributed by atoms with Gasteiger partial charge in [-0.1, -0.05) is 72.5 Å². The Hall–Kier alpha value is -2.21. The standard InChI is InChI=1S/C22H23/c1-15(2)19-11-10-16(3)22-20(12-17(4)21(22)14-19)13-18-8-6-5-7-9-18/h5-15H,1-4H3/q-1. The van der Waals surface area contributed by atoms with Gasteiger partial charge in [-0.3, -0.25) is 0 Å². The van der Waals surface area contributed by atoms with Gasteiger partial charge in [0.1, 0.15) is 0 Å². The Morgan fingerprint density at radius 2 is 1.55 bits per heavy atom. The average Bonchev–Trinajstić information content (AvgIpc) is 2.67. The van der Waals surface area contributed by atoms with Crippen LogP contribution < -0.4 is 0 Å². The zero-order chi connectivity index (χ0) is 15.7. The van der Waals surface area contributed by atoms with Gasteiger partial charge in [-0.15, -0.1) is 35.7 Å². The molecule has 0 fully saturated rings. The monoisotopic (exact) mass is 287 g/mol. The highest BCUT2D eigenvalue weighted by Gasteiger charge is 2.11. The van der Waals surface area contributed by atoms with Gasteiger partial charge in [0.25, 0.3) is 0 Å². The van der Waals surface area contributed by atoms with Crippen LogP contribution in [0.2, 0.25) is 0 Å². The quantitative estimate of drug-likeness (QED) is 0.508. The molecule has 0 N–H and O–H groups in total. The number of aryl methyl sites for hydroxylation is 2. The molecule has 0 saturated carbocycles. The third kappa shape index (κ3) is 2.74. The zero-order valence-electron chi connectivity index (χ0n) is 13.9. The third-order valence-electron chi connectivity index (χ3n) is 4.37. The molecule has 0 bridgehead atoms. The molecule has 0 heterocycles. The molecule has 0 spiro atoms. The van der Waals surface area contributed by atoms with Crippen LogP contribution in [0.4, 0.5) is 0 Å². The van der Waals surface area contributed by atoms with Crippen molar-refractivity contribution in [3.63, 3.8) is 0 Å². The van der Waals surface area contributed by atoms with Crippen LogP contribution in [0.3, 0.4) is 0 Å². The Kier molecular flexibility index (Phi) is 3.94. The van der Waals surface area contributed by atoms with Gasteiger partial charge in [0.05, 0.1) is 0 Å². The molecule has 1 aromatic rings. The lowest BCUT2D eigenvalue weighted by atomic mass is 9.98. The highest BCUT2D eigenvalue weighted by atomic mass is 14.2. The van der Waals surface area contributed by atoms with Gasteiger partial charge in [0.15, 0.2) is 0 Å². The van der Waals surface area contributed by atoms with Crippen molar-refractivity contribution in [2.75, 3.05) is 0 Å². The molecule has 3 rings (SSSR count). The zero-order valence-corrected chi connectivity index (χ0v) is 13.9. The van der Waals surface area contributed by atoms with E-state index in [1.54, 1.807) is 0 Å². The lowest BCUT2D eigenvalue weighted by molar-refractivity contribution is 0.868. The summed E-state index contributed by atoms with van der Waals surface area (Å²) in [4.78, 5) is 0. The highest BCUT2D eigenvalue weighted by Crippen LogP contribution is 2.37. The summed E-state index contributed by atoms with van der Waals surface area (Å²) in [5.41, 5.74) is 9.45. The molecule has 2 aliphatic rings. The van der Waals surface area contributed by atoms with Gasteiger partial charge < -0.3 is 0 Å². The lowest BCUT2D eigenvalue weighted by Crippen LogP contribution is -1.86. The fourth-order valence-electron chi connectivity index (χ4n) is 3.08. The average molecular weight is 287 g/mol. The van der Waals surface area contributed by atoms with E-state index in [0.717, 1.165) is 0 Å². The van der Waals surface area contributed by atoms with Crippen LogP contribution in [-0.4, -0.2) is 0 Å². The van der Waals surface area contributed by atoms with Crippen LogP contribution in [0.15, 0.2) is 54.6 Å². The molecule has 0 atom stereocenters. The molecule has 0 aromatic heterocycles. The van der Waals surface area contributed by atoms with Crippen molar-refractivity contribution < 1.29 is 0 Å². The molecule has 2 aliphatic carbocycles. The third-order valence-corrected chi connectivity index (χ3v) is 4.37. The van der Waals surface area contributed by atoms with Crippen LogP contribution in [0.25, 0.3) is 11.1 Å². The first-order valence-corrected chi connectivity index (χ1v) is 8.00. The van der Waals surface area contributed by atoms with E-state index in [-0.39, 0.29) is 0 Å². The molecule has 0 amide bonds. The molecule has 0 saturated heterocycles. The van der Waals surface area contributed by atoms with Crippen LogP contribution in [0.1, 0.15) is 47.6 Å². The van der Waals surface area contributed by atoms with Gasteiger partial charge in [-0.25, -0.2) is 0 Å². The Labute approximate surface area is 134 Å². The van der Waals surface area contributed by atoms with Gasteiger partial charge in [-0.05, 0) is 25.3 Å². The predicted octanol–water partition coefficient (Wildman–Crippen LogP) is 6.13. The van der Waals surface area contributed by atoms with Crippen LogP contribution in [0.5, 0.6) is 0 Å². The number of rotatable bonds is 3. The van der Waals surface area contributed by atoms with Gasteiger partial charge >= 0.3 is 0 Å². The Morgan fingerprint density at radius 1 is 0.818 bits per heavy atom. The molecular formula is C22H23-. The summed E-state index contributed by atoms with van der Waals surface area (Å²) in [6, 6.07) is 19.8. The second-order valence-corrected chi connectivity index (χ2v) is 6.44. The SMILES string of the molecule is Cc1cc([CH-]c2ccccc2)c2c(C)ccc(C(C)C)cc1-2. The number of fused-ring (bicyclic) bond motifs is 1. The van der Waals surface area contributed by atoms with Crippen molar-refractivity contribution in [3.05, 3.63) is 88.8 Å². The smallest absolute Gasteiger partial charge is 0.0219 e. The topological polar surface area (TPSA) is 0 Å². The first-order chi connectivity index (χ1) is 10.6. The lowest BCUT2D eigenvalue weighted by Gasteiger charge is -2.12. The van der Waals surface area contributed by atoms with Crippen LogP contribution >= 0.6 is 0 Å². The van der Waals surface area contributed by atoms with Gasteiger partial charge in [-0.2, -0.15) is 0 Å². The van der Waals surface area contributed by atoms with E-state index in [4.69, 9.17) is 0 Å². The van der Waals surface area contributed by atoms with Crippen molar-refractivity contribution in [2.45, 2.75) is 33.6 Å². The second kappa shape index (κ2) is 5.88. The molecular weight excluding hydrogens is 264 g/mol. The molecule has 0 radical (unpaired) electrons. The molecule has 0 aliphatic heterocycles. The minimum atomic E-state index is 0.547. The largest absolute Gasteiger partial charge is 0.126 e. The van der Waals surface area contributed by atoms with E-state index in [0.29, 0.717) is 5.92 Å². The van der Waals surface area contributed by atoms with Crippen molar-refractivity contribution >= 4 is 0 Å². The summed E-state index contributed by atoms with van der Waals surface area (Å²) in [7, 11) is 0. The molecule has 0 nitrogen and oxygen atoms in total. The van der Waals surface area contributed by atoms with E-state index in [1.807, 2.05) is 0 Å². The summed E-state index contributed by atoms with van der Waals surface area (Å²) in [5.74, 6) is 0.547. The number of hydrogen-bond acceptors (Lipinski definition) is 0. The Balaban J connectivity index is 2.12. The summed E-state index contributed by atoms with van der Waals surface area (Å²) in [6.07, 6.45) is 2.29. The second-order valence-electron chi connectivity index (χ2n) is 6.44. The molecule has 112 valence electrons. The maximum Gasteiger partial charge on any atom is -0.0219 e. The van der Waals surface area contributed by atoms with E-state index >= 15 is 0 Å². The van der Waals surface area contributed by atoms with E-state index in [1.165, 1.54) is 38.9 Å². The minimum absolute atomic E-state index is 0.547. The Bertz CT molecular complexity index is 751. The van der Waals surface area contributed by atoms with Crippen molar-refractivity contribution in [3.8, 4) is 11.1 Å². The molecule has 22 heavy (non-hydrogen) atoms. The van der Waals surface area contributed by atoms with Gasteiger partial charge in [0, 0.05) is 0 Å². The van der Waals surface area contributed by atoms with Crippen molar-refractivity contribution in [1.29, 1.82) is 0 Å². The fourth-order valence-corrected chi connectivity index (χ4v) is 3.08. The van der Waals surface area contributed by atoms with Crippen molar-refractivity contribution in [1.82, 2.24) is 0 Å². The molecule has 0 heteroatoms. The minimum Gasteiger partial charge on any atom is -0.126 e. The summed E-state index contributed by atoms with van der Waals surface area (Å²) < 4.78 is 0. The first kappa shape index (κ1) is 14.7. The summed E-state index contributed by atoms with van der Waals surface area (Å²) in [6.45, 7) is 8.94. The number of benzene rings is 1. The number of hydrogen-bond donors (Lipinski definition) is 0.